The van der Waals surface area contributed by atoms with E-state index in [1.807, 2.05) is 0 Å². The number of fused-ring (bicyclic) bond motifs is 1. The smallest absolute Gasteiger partial charge is 0.345 e. The first-order valence-electron chi connectivity index (χ1n) is 4.34. The predicted molar refractivity (Wildman–Crippen MR) is 55.9 cm³/mol. The molecule has 0 aliphatic carbocycles. The Morgan fingerprint density at radius 1 is 1.33 bits per heavy atom. The average molecular weight is 273 g/mol. The molecule has 0 radical (unpaired) electrons. The maximum Gasteiger partial charge on any atom is 0.345 e. The van der Waals surface area contributed by atoms with E-state index >= 15 is 0 Å². The summed E-state index contributed by atoms with van der Waals surface area (Å²) in [5, 5.41) is 9.45. The molecule has 0 saturated carbocycles. The van der Waals surface area contributed by atoms with Gasteiger partial charge in [0.25, 0.3) is 0 Å². The van der Waals surface area contributed by atoms with E-state index in [9.17, 15) is 9.90 Å². The number of hydrogen-bond donors (Lipinski definition) is 1. The molecule has 0 atom stereocenters. The second-order valence-corrected chi connectivity index (χ2v) is 4.55. The number of ether oxygens (including phenoxy) is 2. The van der Waals surface area contributed by atoms with Crippen molar-refractivity contribution in [2.45, 2.75) is 19.6 Å². The number of phenols is 1. The summed E-state index contributed by atoms with van der Waals surface area (Å²) in [4.78, 5) is 11.6. The van der Waals surface area contributed by atoms with Crippen molar-refractivity contribution in [3.63, 3.8) is 0 Å². The summed E-state index contributed by atoms with van der Waals surface area (Å²) in [5.41, 5.74) is 0.305. The molecule has 4 nitrogen and oxygen atoms in total. The van der Waals surface area contributed by atoms with E-state index < -0.39 is 11.8 Å². The molecule has 1 aromatic rings. The highest BCUT2D eigenvalue weighted by atomic mass is 79.9. The number of carbonyl (C=O) groups is 1. The first kappa shape index (κ1) is 10.3. The van der Waals surface area contributed by atoms with Gasteiger partial charge >= 0.3 is 5.97 Å². The third-order valence-electron chi connectivity index (χ3n) is 1.96. The van der Waals surface area contributed by atoms with Crippen LogP contribution in [0.1, 0.15) is 24.2 Å². The van der Waals surface area contributed by atoms with Gasteiger partial charge in [-0.15, -0.1) is 0 Å². The molecule has 5 heteroatoms. The van der Waals surface area contributed by atoms with E-state index in [0.717, 1.165) is 0 Å². The molecule has 0 unspecified atom stereocenters. The van der Waals surface area contributed by atoms with Gasteiger partial charge in [0.2, 0.25) is 5.79 Å². The Bertz CT molecular complexity index is 439. The Morgan fingerprint density at radius 2 is 2.00 bits per heavy atom. The topological polar surface area (TPSA) is 55.8 Å². The third kappa shape index (κ3) is 1.79. The van der Waals surface area contributed by atoms with Crippen molar-refractivity contribution in [2.24, 2.45) is 0 Å². The molecule has 2 rings (SSSR count). The van der Waals surface area contributed by atoms with Crippen molar-refractivity contribution in [2.75, 3.05) is 0 Å². The molecule has 0 saturated heterocycles. The maximum atomic E-state index is 11.6. The van der Waals surface area contributed by atoms with E-state index in [1.54, 1.807) is 13.8 Å². The van der Waals surface area contributed by atoms with Gasteiger partial charge in [-0.2, -0.15) is 0 Å². The second kappa shape index (κ2) is 3.13. The number of benzene rings is 1. The maximum absolute atomic E-state index is 11.6. The van der Waals surface area contributed by atoms with Crippen LogP contribution in [-0.2, 0) is 4.74 Å². The summed E-state index contributed by atoms with van der Waals surface area (Å²) in [5.74, 6) is -1.09. The van der Waals surface area contributed by atoms with Gasteiger partial charge in [-0.25, -0.2) is 4.79 Å². The summed E-state index contributed by atoms with van der Waals surface area (Å²) in [6, 6.07) is 2.86. The van der Waals surface area contributed by atoms with Crippen molar-refractivity contribution in [1.82, 2.24) is 0 Å². The van der Waals surface area contributed by atoms with Crippen LogP contribution in [-0.4, -0.2) is 16.9 Å². The van der Waals surface area contributed by atoms with Gasteiger partial charge in [0.15, 0.2) is 0 Å². The summed E-state index contributed by atoms with van der Waals surface area (Å²) in [6.45, 7) is 3.26. The minimum Gasteiger partial charge on any atom is -0.507 e. The molecule has 1 aliphatic heterocycles. The monoisotopic (exact) mass is 272 g/mol. The fourth-order valence-corrected chi connectivity index (χ4v) is 1.69. The number of rotatable bonds is 0. The summed E-state index contributed by atoms with van der Waals surface area (Å²) >= 11 is 3.12. The lowest BCUT2D eigenvalue weighted by molar-refractivity contribution is -0.127. The van der Waals surface area contributed by atoms with E-state index in [0.29, 0.717) is 15.8 Å². The molecular weight excluding hydrogens is 264 g/mol. The van der Waals surface area contributed by atoms with Crippen molar-refractivity contribution in [1.29, 1.82) is 0 Å². The van der Waals surface area contributed by atoms with Crippen LogP contribution in [0, 0.1) is 0 Å². The van der Waals surface area contributed by atoms with Gasteiger partial charge < -0.3 is 14.6 Å². The van der Waals surface area contributed by atoms with E-state index in [2.05, 4.69) is 15.9 Å². The standard InChI is InChI=1S/C10H9BrO4/c1-10(2)14-8-4-7(12)6(11)3-5(8)9(13)15-10/h3-4,12H,1-2H3. The van der Waals surface area contributed by atoms with Crippen LogP contribution >= 0.6 is 15.9 Å². The number of carbonyl (C=O) groups excluding carboxylic acids is 1. The minimum absolute atomic E-state index is 0.0271. The highest BCUT2D eigenvalue weighted by molar-refractivity contribution is 9.10. The van der Waals surface area contributed by atoms with Crippen LogP contribution in [0.4, 0.5) is 0 Å². The van der Waals surface area contributed by atoms with Gasteiger partial charge in [0.05, 0.1) is 4.47 Å². The van der Waals surface area contributed by atoms with Crippen LogP contribution in [0.5, 0.6) is 11.5 Å². The number of esters is 1. The second-order valence-electron chi connectivity index (χ2n) is 3.69. The summed E-state index contributed by atoms with van der Waals surface area (Å²) in [6.07, 6.45) is 0. The van der Waals surface area contributed by atoms with Crippen LogP contribution in [0.3, 0.4) is 0 Å². The Labute approximate surface area is 94.9 Å². The SMILES string of the molecule is CC1(C)OC(=O)c2cc(Br)c(O)cc2O1. The van der Waals surface area contributed by atoms with Gasteiger partial charge in [-0.1, -0.05) is 0 Å². The molecule has 0 fully saturated rings. The van der Waals surface area contributed by atoms with Gasteiger partial charge in [-0.3, -0.25) is 0 Å². The lowest BCUT2D eigenvalue weighted by atomic mass is 10.1. The van der Waals surface area contributed by atoms with Crippen molar-refractivity contribution < 1.29 is 19.4 Å². The predicted octanol–water partition coefficient (Wildman–Crippen LogP) is 2.44. The molecule has 0 aromatic heterocycles. The lowest BCUT2D eigenvalue weighted by Gasteiger charge is -2.31. The highest BCUT2D eigenvalue weighted by Gasteiger charge is 2.34. The van der Waals surface area contributed by atoms with E-state index in [1.165, 1.54) is 12.1 Å². The number of aromatic hydroxyl groups is 1. The molecule has 1 aromatic carbocycles. The van der Waals surface area contributed by atoms with Crippen LogP contribution in [0.15, 0.2) is 16.6 Å². The van der Waals surface area contributed by atoms with Crippen molar-refractivity contribution in [3.05, 3.63) is 22.2 Å². The fraction of sp³-hybridized carbons (Fsp3) is 0.300. The van der Waals surface area contributed by atoms with Crippen LogP contribution in [0.2, 0.25) is 0 Å². The third-order valence-corrected chi connectivity index (χ3v) is 2.60. The Morgan fingerprint density at radius 3 is 2.67 bits per heavy atom. The molecule has 80 valence electrons. The molecule has 15 heavy (non-hydrogen) atoms. The lowest BCUT2D eigenvalue weighted by Crippen LogP contribution is -2.38. The van der Waals surface area contributed by atoms with Crippen LogP contribution < -0.4 is 4.74 Å². The number of hydrogen-bond acceptors (Lipinski definition) is 4. The van der Waals surface area contributed by atoms with Crippen molar-refractivity contribution >= 4 is 21.9 Å². The zero-order chi connectivity index (χ0) is 11.2. The Balaban J connectivity index is 2.56. The first-order valence-corrected chi connectivity index (χ1v) is 5.13. The first-order chi connectivity index (χ1) is 6.89. The summed E-state index contributed by atoms with van der Waals surface area (Å²) < 4.78 is 10.9. The van der Waals surface area contributed by atoms with Crippen LogP contribution in [0.25, 0.3) is 0 Å². The molecule has 1 heterocycles. The van der Waals surface area contributed by atoms with Gasteiger partial charge in [0.1, 0.15) is 17.1 Å². The molecule has 0 bridgehead atoms. The van der Waals surface area contributed by atoms with E-state index in [-0.39, 0.29) is 5.75 Å². The molecule has 0 amide bonds. The zero-order valence-electron chi connectivity index (χ0n) is 8.20. The average Bonchev–Trinajstić information content (AvgIpc) is 2.07. The largest absolute Gasteiger partial charge is 0.507 e. The fourth-order valence-electron chi connectivity index (χ4n) is 1.35. The molecular formula is C10H9BrO4. The molecule has 0 spiro atoms. The quantitative estimate of drug-likeness (QED) is 0.737. The zero-order valence-corrected chi connectivity index (χ0v) is 9.79. The van der Waals surface area contributed by atoms with Crippen molar-refractivity contribution in [3.8, 4) is 11.5 Å². The summed E-state index contributed by atoms with van der Waals surface area (Å²) in [7, 11) is 0. The Hall–Kier alpha value is -1.23. The number of halogens is 1. The normalized spacial score (nSPS) is 17.7. The Kier molecular flexibility index (Phi) is 2.15. The number of cyclic esters (lactones) is 1. The highest BCUT2D eigenvalue weighted by Crippen LogP contribution is 2.37. The number of phenolic OH excluding ortho intramolecular Hbond substituents is 1. The minimum atomic E-state index is -0.996. The van der Waals surface area contributed by atoms with Gasteiger partial charge in [-0.05, 0) is 22.0 Å². The molecule has 1 N–H and O–H groups in total. The van der Waals surface area contributed by atoms with Gasteiger partial charge in [0, 0.05) is 19.9 Å². The van der Waals surface area contributed by atoms with E-state index in [4.69, 9.17) is 9.47 Å². The molecule has 1 aliphatic rings.